The number of rotatable bonds is 3. The molecule has 0 unspecified atom stereocenters. The van der Waals surface area contributed by atoms with Crippen molar-refractivity contribution < 1.29 is 87.5 Å². The molecule has 0 saturated carbocycles. The van der Waals surface area contributed by atoms with Crippen molar-refractivity contribution in [3.63, 3.8) is 0 Å². The van der Waals surface area contributed by atoms with Gasteiger partial charge in [-0.3, -0.25) is 4.79 Å². The van der Waals surface area contributed by atoms with Gasteiger partial charge in [0.05, 0.1) is 25.5 Å². The Bertz CT molecular complexity index is 807. The number of phosphoric acid groups is 1. The van der Waals surface area contributed by atoms with Crippen LogP contribution in [0.25, 0.3) is 0 Å². The van der Waals surface area contributed by atoms with Gasteiger partial charge in [0.15, 0.2) is 0 Å². The van der Waals surface area contributed by atoms with E-state index >= 15 is 0 Å². The summed E-state index contributed by atoms with van der Waals surface area (Å²) in [7, 11) is -5.33. The fraction of sp³-hybridized carbons (Fsp3) is 0.500. The van der Waals surface area contributed by atoms with E-state index in [1.54, 1.807) is 26.0 Å². The molecule has 2 aliphatic heterocycles. The van der Waals surface area contributed by atoms with Gasteiger partial charge < -0.3 is 28.5 Å². The Labute approximate surface area is 202 Å². The first kappa shape index (κ1) is 25.1. The molecular weight excluding hydrogens is 393 g/mol. The Hall–Kier alpha value is 0.0900. The van der Waals surface area contributed by atoms with Crippen molar-refractivity contribution in [2.24, 2.45) is 0 Å². The normalized spacial score (nSPS) is 23.4. The maximum atomic E-state index is 12.3. The van der Waals surface area contributed by atoms with Crippen LogP contribution in [0.3, 0.4) is 0 Å². The molecule has 2 atom stereocenters. The number of fused-ring (bicyclic) bond motifs is 1. The number of amides is 1. The zero-order chi connectivity index (χ0) is 18.4. The van der Waals surface area contributed by atoms with E-state index in [0.29, 0.717) is 36.3 Å². The van der Waals surface area contributed by atoms with Gasteiger partial charge in [-0.15, -0.1) is 0 Å². The number of carbonyl (C=O) groups excluding carboxylic acids is 1. The van der Waals surface area contributed by atoms with Crippen LogP contribution in [-0.4, -0.2) is 29.1 Å². The molecule has 0 spiro atoms. The second kappa shape index (κ2) is 9.27. The zero-order valence-corrected chi connectivity index (χ0v) is 20.7. The second-order valence-electron chi connectivity index (χ2n) is 6.68. The minimum Gasteiger partial charge on any atom is -0.790 e. The molecule has 1 aromatic carbocycles. The fourth-order valence-electron chi connectivity index (χ4n) is 3.44. The number of benzene rings is 1. The SMILES string of the molecule is CC1(C)Oc2ccc(C#N)cc2[C@@H](N2CCCC2=O)[C@@H]1OP(=O)([O-])[O-].[Na+].[Na+]. The summed E-state index contributed by atoms with van der Waals surface area (Å²) in [6.07, 6.45) is -0.246. The van der Waals surface area contributed by atoms with E-state index in [1.165, 1.54) is 11.0 Å². The van der Waals surface area contributed by atoms with E-state index in [4.69, 9.17) is 14.5 Å². The molecule has 1 fully saturated rings. The molecule has 11 heteroatoms. The number of hydrogen-bond acceptors (Lipinski definition) is 7. The molecule has 2 heterocycles. The van der Waals surface area contributed by atoms with Crippen LogP contribution in [0, 0.1) is 11.3 Å². The van der Waals surface area contributed by atoms with Crippen LogP contribution in [-0.2, 0) is 13.9 Å². The maximum absolute atomic E-state index is 12.3. The first-order valence-electron chi connectivity index (χ1n) is 7.85. The second-order valence-corrected chi connectivity index (χ2v) is 7.78. The van der Waals surface area contributed by atoms with Crippen molar-refractivity contribution in [3.8, 4) is 11.8 Å². The summed E-state index contributed by atoms with van der Waals surface area (Å²) in [6.45, 7) is 3.61. The van der Waals surface area contributed by atoms with Gasteiger partial charge in [-0.05, 0) is 38.5 Å². The van der Waals surface area contributed by atoms with Crippen molar-refractivity contribution in [1.29, 1.82) is 5.26 Å². The largest absolute Gasteiger partial charge is 1.00 e. The van der Waals surface area contributed by atoms with E-state index in [2.05, 4.69) is 0 Å². The monoisotopic (exact) mass is 410 g/mol. The Kier molecular flexibility index (Phi) is 8.63. The third-order valence-electron chi connectivity index (χ3n) is 4.49. The summed E-state index contributed by atoms with van der Waals surface area (Å²) < 4.78 is 22.0. The van der Waals surface area contributed by atoms with Crippen molar-refractivity contribution in [3.05, 3.63) is 29.3 Å². The predicted octanol–water partition coefficient (Wildman–Crippen LogP) is -5.39. The molecule has 0 aliphatic carbocycles. The quantitative estimate of drug-likeness (QED) is 0.360. The fourth-order valence-corrected chi connectivity index (χ4v) is 4.09. The van der Waals surface area contributed by atoms with Gasteiger partial charge in [-0.1, -0.05) is 0 Å². The summed E-state index contributed by atoms with van der Waals surface area (Å²) in [4.78, 5) is 36.4. The van der Waals surface area contributed by atoms with Gasteiger partial charge >= 0.3 is 59.1 Å². The molecule has 0 radical (unpaired) electrons. The van der Waals surface area contributed by atoms with Crippen molar-refractivity contribution in [2.45, 2.75) is 44.4 Å². The van der Waals surface area contributed by atoms with Crippen LogP contribution in [0.15, 0.2) is 18.2 Å². The molecule has 2 aliphatic rings. The molecule has 134 valence electrons. The third-order valence-corrected chi connectivity index (χ3v) is 4.98. The number of nitriles is 1. The Morgan fingerprint density at radius 3 is 2.56 bits per heavy atom. The van der Waals surface area contributed by atoms with Gasteiger partial charge in [-0.25, -0.2) is 0 Å². The maximum Gasteiger partial charge on any atom is 1.00 e. The van der Waals surface area contributed by atoms with E-state index in [-0.39, 0.29) is 65.0 Å². The van der Waals surface area contributed by atoms with Crippen molar-refractivity contribution in [2.75, 3.05) is 6.54 Å². The van der Waals surface area contributed by atoms with Gasteiger partial charge in [-0.2, -0.15) is 5.26 Å². The average Bonchev–Trinajstić information content (AvgIpc) is 2.92. The summed E-state index contributed by atoms with van der Waals surface area (Å²) in [6, 6.07) is 5.90. The summed E-state index contributed by atoms with van der Waals surface area (Å²) >= 11 is 0. The Morgan fingerprint density at radius 1 is 1.37 bits per heavy atom. The molecule has 1 aromatic rings. The molecule has 1 amide bonds. The topological polar surface area (TPSA) is 126 Å². The van der Waals surface area contributed by atoms with Gasteiger partial charge in [0, 0.05) is 18.5 Å². The van der Waals surface area contributed by atoms with Crippen LogP contribution < -0.4 is 73.6 Å². The van der Waals surface area contributed by atoms with E-state index in [9.17, 15) is 19.1 Å². The number of likely N-dealkylation sites (tertiary alicyclic amines) is 1. The third kappa shape index (κ3) is 5.37. The smallest absolute Gasteiger partial charge is 0.790 e. The first-order valence-corrected chi connectivity index (χ1v) is 9.31. The van der Waals surface area contributed by atoms with Crippen LogP contribution in [0.2, 0.25) is 0 Å². The number of phosphoric ester groups is 1. The zero-order valence-electron chi connectivity index (χ0n) is 15.8. The van der Waals surface area contributed by atoms with E-state index in [0.717, 1.165) is 0 Å². The molecule has 0 bridgehead atoms. The molecule has 27 heavy (non-hydrogen) atoms. The van der Waals surface area contributed by atoms with Gasteiger partial charge in [0.25, 0.3) is 0 Å². The first-order chi connectivity index (χ1) is 11.6. The van der Waals surface area contributed by atoms with Crippen LogP contribution in [0.5, 0.6) is 5.75 Å². The van der Waals surface area contributed by atoms with Crippen molar-refractivity contribution in [1.82, 2.24) is 4.90 Å². The molecule has 0 N–H and O–H groups in total. The number of ether oxygens (including phenoxy) is 1. The summed E-state index contributed by atoms with van der Waals surface area (Å²) in [5.74, 6) is 0.274. The minimum absolute atomic E-state index is 0. The van der Waals surface area contributed by atoms with Gasteiger partial charge in [0.2, 0.25) is 5.91 Å². The van der Waals surface area contributed by atoms with Crippen molar-refractivity contribution >= 4 is 13.7 Å². The number of carbonyl (C=O) groups is 1. The summed E-state index contributed by atoms with van der Waals surface area (Å²) in [5.41, 5.74) is -0.365. The van der Waals surface area contributed by atoms with Crippen LogP contribution in [0.4, 0.5) is 0 Å². The predicted molar refractivity (Wildman–Crippen MR) is 82.0 cm³/mol. The van der Waals surface area contributed by atoms with E-state index in [1.807, 2.05) is 6.07 Å². The average molecular weight is 410 g/mol. The van der Waals surface area contributed by atoms with Gasteiger partial charge in [0.1, 0.15) is 17.5 Å². The van der Waals surface area contributed by atoms with Crippen LogP contribution in [0.1, 0.15) is 43.9 Å². The molecular formula is C16H17N2Na2O6P. The Balaban J connectivity index is 0.00000182. The number of hydrogen-bond donors (Lipinski definition) is 0. The van der Waals surface area contributed by atoms with Crippen LogP contribution >= 0.6 is 7.82 Å². The molecule has 3 rings (SSSR count). The van der Waals surface area contributed by atoms with E-state index < -0.39 is 25.6 Å². The molecule has 8 nitrogen and oxygen atoms in total. The minimum atomic E-state index is -5.33. The summed E-state index contributed by atoms with van der Waals surface area (Å²) in [5, 5.41) is 9.15. The molecule has 1 saturated heterocycles. The number of nitrogens with zero attached hydrogens (tertiary/aromatic N) is 2. The standard InChI is InChI=1S/C16H19N2O6P.2Na/c1-16(2)15(24-25(20,21)22)14(18-7-3-4-13(18)19)11-8-10(9-17)5-6-12(11)23-16;;/h5-6,8,14-15H,3-4,7H2,1-2H3,(H2,20,21,22);;/q;2*+1/p-2/t14-,15+;;/m1../s1. The molecule has 0 aromatic heterocycles. The Morgan fingerprint density at radius 2 is 2.04 bits per heavy atom.